The van der Waals surface area contributed by atoms with E-state index in [1.165, 1.54) is 7.11 Å². The van der Waals surface area contributed by atoms with Crippen molar-refractivity contribution in [1.29, 1.82) is 0 Å². The minimum atomic E-state index is -0.427. The van der Waals surface area contributed by atoms with E-state index < -0.39 is 5.97 Å². The van der Waals surface area contributed by atoms with Crippen LogP contribution in [0.3, 0.4) is 0 Å². The summed E-state index contributed by atoms with van der Waals surface area (Å²) in [7, 11) is 1.35. The van der Waals surface area contributed by atoms with E-state index in [9.17, 15) is 9.59 Å². The van der Waals surface area contributed by atoms with Crippen LogP contribution in [-0.2, 0) is 4.74 Å². The van der Waals surface area contributed by atoms with Crippen LogP contribution in [0.25, 0.3) is 5.52 Å². The number of fused-ring (bicyclic) bond motifs is 1. The standard InChI is InChI=1S/C15H14BrNO3/c1-8-3-6-11(16)13-10(15(19)20-2)7-12(17(8)13)14(18)9-4-5-9/h3,6-7,9H,4-5H2,1-2H3. The second-order valence-electron chi connectivity index (χ2n) is 5.08. The summed E-state index contributed by atoms with van der Waals surface area (Å²) < 4.78 is 7.44. The van der Waals surface area contributed by atoms with Crippen LogP contribution in [0.4, 0.5) is 0 Å². The summed E-state index contributed by atoms with van der Waals surface area (Å²) in [6, 6.07) is 5.45. The van der Waals surface area contributed by atoms with Gasteiger partial charge < -0.3 is 9.14 Å². The predicted octanol–water partition coefficient (Wildman–Crippen LogP) is 3.39. The maximum absolute atomic E-state index is 12.4. The lowest BCUT2D eigenvalue weighted by Crippen LogP contribution is -2.07. The lowest BCUT2D eigenvalue weighted by atomic mass is 10.2. The third-order valence-electron chi connectivity index (χ3n) is 3.66. The van der Waals surface area contributed by atoms with Crippen LogP contribution in [-0.4, -0.2) is 23.3 Å². The van der Waals surface area contributed by atoms with Gasteiger partial charge in [0.05, 0.1) is 23.9 Å². The molecule has 1 saturated carbocycles. The van der Waals surface area contributed by atoms with Gasteiger partial charge in [-0.25, -0.2) is 4.79 Å². The van der Waals surface area contributed by atoms with Crippen molar-refractivity contribution in [3.63, 3.8) is 0 Å². The second kappa shape index (κ2) is 4.74. The molecule has 2 heterocycles. The zero-order valence-electron chi connectivity index (χ0n) is 11.3. The van der Waals surface area contributed by atoms with Crippen molar-refractivity contribution in [2.24, 2.45) is 5.92 Å². The third kappa shape index (κ3) is 1.97. The fraction of sp³-hybridized carbons (Fsp3) is 0.333. The molecule has 20 heavy (non-hydrogen) atoms. The van der Waals surface area contributed by atoms with Crippen molar-refractivity contribution in [3.05, 3.63) is 39.6 Å². The van der Waals surface area contributed by atoms with Crippen molar-refractivity contribution in [2.45, 2.75) is 19.8 Å². The molecule has 5 heteroatoms. The van der Waals surface area contributed by atoms with Gasteiger partial charge in [-0.05, 0) is 53.9 Å². The highest BCUT2D eigenvalue weighted by Gasteiger charge is 2.33. The van der Waals surface area contributed by atoms with Crippen molar-refractivity contribution in [1.82, 2.24) is 4.40 Å². The number of aromatic nitrogens is 1. The Morgan fingerprint density at radius 3 is 2.65 bits per heavy atom. The average molecular weight is 336 g/mol. The van der Waals surface area contributed by atoms with Crippen molar-refractivity contribution < 1.29 is 14.3 Å². The number of carbonyl (C=O) groups excluding carboxylic acids is 2. The first kappa shape index (κ1) is 13.4. The van der Waals surface area contributed by atoms with Crippen LogP contribution in [0.5, 0.6) is 0 Å². The SMILES string of the molecule is COC(=O)c1cc(C(=O)C2CC2)n2c(C)ccc(Br)c12. The van der Waals surface area contributed by atoms with Crippen molar-refractivity contribution in [2.75, 3.05) is 7.11 Å². The van der Waals surface area contributed by atoms with Gasteiger partial charge in [-0.3, -0.25) is 4.79 Å². The van der Waals surface area contributed by atoms with Gasteiger partial charge in [0.25, 0.3) is 0 Å². The third-order valence-corrected chi connectivity index (χ3v) is 4.30. The maximum Gasteiger partial charge on any atom is 0.340 e. The summed E-state index contributed by atoms with van der Waals surface area (Å²) in [5.41, 5.74) is 2.61. The molecule has 0 unspecified atom stereocenters. The number of carbonyl (C=O) groups is 2. The lowest BCUT2D eigenvalue weighted by molar-refractivity contribution is 0.0603. The molecule has 0 atom stereocenters. The summed E-state index contributed by atoms with van der Waals surface area (Å²) in [5.74, 6) is -0.211. The molecule has 2 aromatic rings. The van der Waals surface area contributed by atoms with Gasteiger partial charge in [0.2, 0.25) is 0 Å². The number of ketones is 1. The van der Waals surface area contributed by atoms with Crippen molar-refractivity contribution >= 4 is 33.2 Å². The molecule has 0 amide bonds. The Bertz CT molecular complexity index is 728. The molecule has 0 radical (unpaired) electrons. The molecule has 0 aromatic carbocycles. The van der Waals surface area contributed by atoms with Gasteiger partial charge in [0.15, 0.2) is 5.78 Å². The number of esters is 1. The number of pyridine rings is 1. The number of nitrogens with zero attached hydrogens (tertiary/aromatic N) is 1. The Kier molecular flexibility index (Phi) is 3.17. The Morgan fingerprint density at radius 1 is 1.35 bits per heavy atom. The molecule has 3 rings (SSSR count). The molecule has 1 aliphatic rings. The number of Topliss-reactive ketones (excluding diaryl/α,β-unsaturated/α-hetero) is 1. The van der Waals surface area contributed by atoms with Crippen LogP contribution in [0, 0.1) is 12.8 Å². The number of rotatable bonds is 3. The predicted molar refractivity (Wildman–Crippen MR) is 78.2 cm³/mol. The highest BCUT2D eigenvalue weighted by molar-refractivity contribution is 9.10. The topological polar surface area (TPSA) is 47.8 Å². The van der Waals surface area contributed by atoms with E-state index in [4.69, 9.17) is 4.74 Å². The van der Waals surface area contributed by atoms with E-state index in [1.54, 1.807) is 6.07 Å². The minimum absolute atomic E-state index is 0.108. The first-order valence-electron chi connectivity index (χ1n) is 6.47. The van der Waals surface area contributed by atoms with E-state index in [0.29, 0.717) is 16.8 Å². The molecule has 1 fully saturated rings. The minimum Gasteiger partial charge on any atom is -0.465 e. The number of methoxy groups -OCH3 is 1. The number of halogens is 1. The number of hydrogen-bond donors (Lipinski definition) is 0. The number of ether oxygens (including phenoxy) is 1. The molecule has 0 aliphatic heterocycles. The molecule has 0 N–H and O–H groups in total. The number of aryl methyl sites for hydroxylation is 1. The Labute approximate surface area is 124 Å². The molecule has 1 aliphatic carbocycles. The molecule has 2 aromatic heterocycles. The van der Waals surface area contributed by atoms with Crippen LogP contribution in [0.2, 0.25) is 0 Å². The van der Waals surface area contributed by atoms with Gasteiger partial charge in [0.1, 0.15) is 0 Å². The van der Waals surface area contributed by atoms with Crippen LogP contribution < -0.4 is 0 Å². The lowest BCUT2D eigenvalue weighted by Gasteiger charge is -2.07. The Morgan fingerprint density at radius 2 is 2.05 bits per heavy atom. The normalized spacial score (nSPS) is 14.6. The summed E-state index contributed by atoms with van der Waals surface area (Å²) in [5, 5.41) is 0. The zero-order valence-corrected chi connectivity index (χ0v) is 12.9. The van der Waals surface area contributed by atoms with Crippen LogP contribution in [0.15, 0.2) is 22.7 Å². The van der Waals surface area contributed by atoms with E-state index in [-0.39, 0.29) is 11.7 Å². The zero-order chi connectivity index (χ0) is 14.4. The summed E-state index contributed by atoms with van der Waals surface area (Å²) in [4.78, 5) is 24.4. The molecule has 0 bridgehead atoms. The molecular weight excluding hydrogens is 322 g/mol. The fourth-order valence-electron chi connectivity index (χ4n) is 2.46. The average Bonchev–Trinajstić information content (AvgIpc) is 3.20. The van der Waals surface area contributed by atoms with Gasteiger partial charge in [-0.15, -0.1) is 0 Å². The van der Waals surface area contributed by atoms with Gasteiger partial charge in [0, 0.05) is 16.1 Å². The highest BCUT2D eigenvalue weighted by atomic mass is 79.9. The smallest absolute Gasteiger partial charge is 0.340 e. The number of hydrogen-bond acceptors (Lipinski definition) is 3. The largest absolute Gasteiger partial charge is 0.465 e. The van der Waals surface area contributed by atoms with E-state index in [0.717, 1.165) is 23.0 Å². The molecule has 104 valence electrons. The van der Waals surface area contributed by atoms with Gasteiger partial charge in [-0.2, -0.15) is 0 Å². The molecule has 0 saturated heterocycles. The second-order valence-corrected chi connectivity index (χ2v) is 5.93. The summed E-state index contributed by atoms with van der Waals surface area (Å²) in [6.07, 6.45) is 1.87. The van der Waals surface area contributed by atoms with Crippen LogP contribution >= 0.6 is 15.9 Å². The van der Waals surface area contributed by atoms with Gasteiger partial charge >= 0.3 is 5.97 Å². The fourth-order valence-corrected chi connectivity index (χ4v) is 2.98. The Hall–Kier alpha value is -1.62. The summed E-state index contributed by atoms with van der Waals surface area (Å²) >= 11 is 3.45. The first-order valence-corrected chi connectivity index (χ1v) is 7.27. The summed E-state index contributed by atoms with van der Waals surface area (Å²) in [6.45, 7) is 1.92. The van der Waals surface area contributed by atoms with E-state index in [1.807, 2.05) is 23.5 Å². The van der Waals surface area contributed by atoms with Crippen molar-refractivity contribution in [3.8, 4) is 0 Å². The van der Waals surface area contributed by atoms with E-state index >= 15 is 0 Å². The molecule has 0 spiro atoms. The Balaban J connectivity index is 2.32. The van der Waals surface area contributed by atoms with Gasteiger partial charge in [-0.1, -0.05) is 0 Å². The first-order chi connectivity index (χ1) is 9.54. The monoisotopic (exact) mass is 335 g/mol. The quantitative estimate of drug-likeness (QED) is 0.638. The van der Waals surface area contributed by atoms with E-state index in [2.05, 4.69) is 15.9 Å². The molecular formula is C15H14BrNO3. The maximum atomic E-state index is 12.4. The van der Waals surface area contributed by atoms with Crippen LogP contribution in [0.1, 0.15) is 39.4 Å². The highest BCUT2D eigenvalue weighted by Crippen LogP contribution is 2.35. The molecule has 4 nitrogen and oxygen atoms in total.